The maximum absolute atomic E-state index is 8.66. The molecule has 0 amide bonds. The normalized spacial score (nSPS) is 11.3. The first-order valence-electron chi connectivity index (χ1n) is 6.04. The molecule has 0 radical (unpaired) electrons. The molecule has 0 unspecified atom stereocenters. The Hall–Kier alpha value is -2.21. The lowest BCUT2D eigenvalue weighted by Crippen LogP contribution is -2.13. The zero-order chi connectivity index (χ0) is 14.4. The van der Waals surface area contributed by atoms with Crippen LogP contribution < -0.4 is 15.2 Å². The van der Waals surface area contributed by atoms with Crippen LogP contribution in [0.4, 0.5) is 0 Å². The van der Waals surface area contributed by atoms with E-state index in [0.717, 1.165) is 6.42 Å². The van der Waals surface area contributed by atoms with Gasteiger partial charge in [-0.05, 0) is 40.6 Å². The van der Waals surface area contributed by atoms with E-state index in [4.69, 9.17) is 20.4 Å². The van der Waals surface area contributed by atoms with E-state index < -0.39 is 0 Å². The molecule has 0 bridgehead atoms. The molecule has 0 spiro atoms. The number of nitrogens with zero attached hydrogens (tertiary/aromatic N) is 1. The molecular formula is C14H16N2O3S. The summed E-state index contributed by atoms with van der Waals surface area (Å²) in [7, 11) is 1.55. The van der Waals surface area contributed by atoms with Crippen molar-refractivity contribution in [3.8, 4) is 11.5 Å². The highest BCUT2D eigenvalue weighted by Gasteiger charge is 2.08. The minimum Gasteiger partial charge on any atom is -0.493 e. The van der Waals surface area contributed by atoms with Gasteiger partial charge in [-0.25, -0.2) is 0 Å². The minimum absolute atomic E-state index is 0.0353. The fourth-order valence-corrected chi connectivity index (χ4v) is 2.42. The zero-order valence-corrected chi connectivity index (χ0v) is 11.9. The molecule has 0 saturated heterocycles. The quantitative estimate of drug-likeness (QED) is 0.371. The van der Waals surface area contributed by atoms with Gasteiger partial charge in [0.25, 0.3) is 0 Å². The molecule has 1 heterocycles. The summed E-state index contributed by atoms with van der Waals surface area (Å²) in [4.78, 5) is 0. The summed E-state index contributed by atoms with van der Waals surface area (Å²) in [5.74, 6) is 1.23. The lowest BCUT2D eigenvalue weighted by Gasteiger charge is -2.11. The predicted molar refractivity (Wildman–Crippen MR) is 79.0 cm³/mol. The molecule has 0 aliphatic heterocycles. The highest BCUT2D eigenvalue weighted by Crippen LogP contribution is 2.28. The first-order chi connectivity index (χ1) is 9.74. The van der Waals surface area contributed by atoms with Crippen LogP contribution in [0.1, 0.15) is 11.1 Å². The lowest BCUT2D eigenvalue weighted by molar-refractivity contribution is 0.297. The van der Waals surface area contributed by atoms with Crippen molar-refractivity contribution in [2.75, 3.05) is 13.7 Å². The molecule has 0 atom stereocenters. The van der Waals surface area contributed by atoms with Crippen molar-refractivity contribution >= 4 is 17.2 Å². The first-order valence-corrected chi connectivity index (χ1v) is 6.98. The number of hydrogen-bond donors (Lipinski definition) is 2. The standard InChI is InChI=1S/C14H16N2O3S/c1-18-13-8-11(14(15)16-17)2-3-12(13)19-6-4-10-5-7-20-9-10/h2-3,5,7-9,17H,4,6H2,1H3,(H2,15,16). The zero-order valence-electron chi connectivity index (χ0n) is 11.1. The third-order valence-electron chi connectivity index (χ3n) is 2.80. The molecule has 20 heavy (non-hydrogen) atoms. The Labute approximate surface area is 121 Å². The van der Waals surface area contributed by atoms with Crippen LogP contribution in [0.2, 0.25) is 0 Å². The van der Waals surface area contributed by atoms with Crippen LogP contribution in [0.25, 0.3) is 0 Å². The van der Waals surface area contributed by atoms with Crippen LogP contribution in [0.5, 0.6) is 11.5 Å². The number of benzene rings is 1. The van der Waals surface area contributed by atoms with Crippen LogP contribution in [0, 0.1) is 0 Å². The Balaban J connectivity index is 2.04. The molecular weight excluding hydrogens is 276 g/mol. The Morgan fingerprint density at radius 1 is 1.35 bits per heavy atom. The number of hydrogen-bond acceptors (Lipinski definition) is 5. The molecule has 1 aromatic heterocycles. The van der Waals surface area contributed by atoms with Crippen molar-refractivity contribution < 1.29 is 14.7 Å². The summed E-state index contributed by atoms with van der Waals surface area (Å²) in [6.07, 6.45) is 0.842. The summed E-state index contributed by atoms with van der Waals surface area (Å²) in [5.41, 5.74) is 7.37. The van der Waals surface area contributed by atoms with Gasteiger partial charge in [-0.3, -0.25) is 0 Å². The van der Waals surface area contributed by atoms with Gasteiger partial charge in [0, 0.05) is 12.0 Å². The number of methoxy groups -OCH3 is 1. The van der Waals surface area contributed by atoms with Crippen molar-refractivity contribution in [2.24, 2.45) is 10.9 Å². The highest BCUT2D eigenvalue weighted by molar-refractivity contribution is 7.07. The highest BCUT2D eigenvalue weighted by atomic mass is 32.1. The molecule has 5 nitrogen and oxygen atoms in total. The van der Waals surface area contributed by atoms with Gasteiger partial charge in [0.15, 0.2) is 17.3 Å². The van der Waals surface area contributed by atoms with Crippen LogP contribution in [-0.4, -0.2) is 24.8 Å². The van der Waals surface area contributed by atoms with E-state index in [0.29, 0.717) is 23.7 Å². The van der Waals surface area contributed by atoms with E-state index in [1.807, 2.05) is 5.38 Å². The molecule has 1 aromatic carbocycles. The Bertz CT molecular complexity index is 582. The molecule has 2 rings (SSSR count). The van der Waals surface area contributed by atoms with Gasteiger partial charge in [0.2, 0.25) is 0 Å². The Kier molecular flexibility index (Phi) is 4.84. The third kappa shape index (κ3) is 3.42. The summed E-state index contributed by atoms with van der Waals surface area (Å²) in [5, 5.41) is 15.8. The lowest BCUT2D eigenvalue weighted by atomic mass is 10.2. The topological polar surface area (TPSA) is 77.1 Å². The molecule has 106 valence electrons. The second-order valence-electron chi connectivity index (χ2n) is 4.08. The smallest absolute Gasteiger partial charge is 0.170 e. The number of ether oxygens (including phenoxy) is 2. The fraction of sp³-hybridized carbons (Fsp3) is 0.214. The molecule has 0 aliphatic rings. The van der Waals surface area contributed by atoms with Crippen LogP contribution in [-0.2, 0) is 6.42 Å². The van der Waals surface area contributed by atoms with Crippen molar-refractivity contribution in [3.63, 3.8) is 0 Å². The van der Waals surface area contributed by atoms with Gasteiger partial charge >= 0.3 is 0 Å². The monoisotopic (exact) mass is 292 g/mol. The molecule has 0 saturated carbocycles. The predicted octanol–water partition coefficient (Wildman–Crippen LogP) is 2.47. The third-order valence-corrected chi connectivity index (χ3v) is 3.53. The van der Waals surface area contributed by atoms with Gasteiger partial charge in [-0.15, -0.1) is 0 Å². The van der Waals surface area contributed by atoms with Crippen molar-refractivity contribution in [1.82, 2.24) is 0 Å². The van der Waals surface area contributed by atoms with Gasteiger partial charge in [-0.2, -0.15) is 11.3 Å². The van der Waals surface area contributed by atoms with E-state index in [2.05, 4.69) is 16.6 Å². The van der Waals surface area contributed by atoms with Crippen molar-refractivity contribution in [2.45, 2.75) is 6.42 Å². The molecule has 0 fully saturated rings. The van der Waals surface area contributed by atoms with E-state index >= 15 is 0 Å². The van der Waals surface area contributed by atoms with Gasteiger partial charge in [-0.1, -0.05) is 5.16 Å². The molecule has 3 N–H and O–H groups in total. The molecule has 0 aliphatic carbocycles. The van der Waals surface area contributed by atoms with Gasteiger partial charge < -0.3 is 20.4 Å². The van der Waals surface area contributed by atoms with Crippen LogP contribution in [0.3, 0.4) is 0 Å². The number of thiophene rings is 1. The summed E-state index contributed by atoms with van der Waals surface area (Å²) < 4.78 is 11.0. The Morgan fingerprint density at radius 2 is 2.20 bits per heavy atom. The SMILES string of the molecule is COc1cc(C(N)=NO)ccc1OCCc1ccsc1. The van der Waals surface area contributed by atoms with E-state index in [1.54, 1.807) is 36.6 Å². The second-order valence-corrected chi connectivity index (χ2v) is 4.86. The maximum atomic E-state index is 8.66. The second kappa shape index (κ2) is 6.81. The largest absolute Gasteiger partial charge is 0.493 e. The van der Waals surface area contributed by atoms with Gasteiger partial charge in [0.1, 0.15) is 0 Å². The van der Waals surface area contributed by atoms with Gasteiger partial charge in [0.05, 0.1) is 13.7 Å². The van der Waals surface area contributed by atoms with E-state index in [-0.39, 0.29) is 5.84 Å². The molecule has 2 aromatic rings. The fourth-order valence-electron chi connectivity index (χ4n) is 1.72. The summed E-state index contributed by atoms with van der Waals surface area (Å²) >= 11 is 1.67. The number of amidine groups is 1. The van der Waals surface area contributed by atoms with E-state index in [1.165, 1.54) is 5.56 Å². The maximum Gasteiger partial charge on any atom is 0.170 e. The van der Waals surface area contributed by atoms with Crippen molar-refractivity contribution in [3.05, 3.63) is 46.2 Å². The summed E-state index contributed by atoms with van der Waals surface area (Å²) in [6, 6.07) is 7.22. The molecule has 6 heteroatoms. The average Bonchev–Trinajstić information content (AvgIpc) is 3.00. The average molecular weight is 292 g/mol. The summed E-state index contributed by atoms with van der Waals surface area (Å²) in [6.45, 7) is 0.565. The number of oxime groups is 1. The van der Waals surface area contributed by atoms with Crippen LogP contribution in [0.15, 0.2) is 40.2 Å². The van der Waals surface area contributed by atoms with E-state index in [9.17, 15) is 0 Å². The number of rotatable bonds is 6. The first kappa shape index (κ1) is 14.2. The number of nitrogens with two attached hydrogens (primary N) is 1. The van der Waals surface area contributed by atoms with Crippen LogP contribution >= 0.6 is 11.3 Å². The Morgan fingerprint density at radius 3 is 2.85 bits per heavy atom. The minimum atomic E-state index is 0.0353. The van der Waals surface area contributed by atoms with Crippen molar-refractivity contribution in [1.29, 1.82) is 0 Å².